The molecule has 1 aromatic rings. The third-order valence-electron chi connectivity index (χ3n) is 4.31. The number of carbonyl (C=O) groups excluding carboxylic acids is 1. The van der Waals surface area contributed by atoms with Crippen molar-refractivity contribution in [2.24, 2.45) is 5.92 Å². The summed E-state index contributed by atoms with van der Waals surface area (Å²) in [4.78, 5) is 23.3. The molecular formula is C17H24N2O6S. The molecule has 2 atom stereocenters. The Morgan fingerprint density at radius 2 is 2.00 bits per heavy atom. The zero-order valence-corrected chi connectivity index (χ0v) is 15.7. The van der Waals surface area contributed by atoms with Crippen LogP contribution < -0.4 is 5.32 Å². The summed E-state index contributed by atoms with van der Waals surface area (Å²) in [6.45, 7) is 2.84. The number of hydrogen-bond donors (Lipinski definition) is 2. The molecule has 2 unspecified atom stereocenters. The van der Waals surface area contributed by atoms with Gasteiger partial charge in [-0.2, -0.15) is 4.31 Å². The minimum absolute atomic E-state index is 0.120. The molecule has 1 heterocycles. The van der Waals surface area contributed by atoms with Gasteiger partial charge in [-0.05, 0) is 43.0 Å². The van der Waals surface area contributed by atoms with E-state index in [1.807, 2.05) is 6.92 Å². The maximum Gasteiger partial charge on any atom is 0.328 e. The predicted molar refractivity (Wildman–Crippen MR) is 94.4 cm³/mol. The number of hydrogen-bond acceptors (Lipinski definition) is 5. The lowest BCUT2D eigenvalue weighted by Crippen LogP contribution is -2.43. The Balaban J connectivity index is 2.12. The van der Waals surface area contributed by atoms with Gasteiger partial charge in [0.05, 0.1) is 11.5 Å². The van der Waals surface area contributed by atoms with Crippen LogP contribution in [0, 0.1) is 5.92 Å². The highest BCUT2D eigenvalue weighted by Crippen LogP contribution is 2.23. The SMILES string of the molecule is COCC(NC(=O)c1ccc(S(=O)(=O)N2CCCC(C)C2)cc1)C(=O)O. The lowest BCUT2D eigenvalue weighted by atomic mass is 10.0. The number of aliphatic carboxylic acids is 1. The van der Waals surface area contributed by atoms with Crippen molar-refractivity contribution in [3.05, 3.63) is 29.8 Å². The van der Waals surface area contributed by atoms with Crippen molar-refractivity contribution in [2.45, 2.75) is 30.7 Å². The van der Waals surface area contributed by atoms with Gasteiger partial charge in [-0.1, -0.05) is 6.92 Å². The summed E-state index contributed by atoms with van der Waals surface area (Å²) in [5.74, 6) is -1.50. The fraction of sp³-hybridized carbons (Fsp3) is 0.529. The Kier molecular flexibility index (Phi) is 6.74. The second kappa shape index (κ2) is 8.61. The average molecular weight is 384 g/mol. The number of nitrogens with one attached hydrogen (secondary N) is 1. The number of piperidine rings is 1. The number of methoxy groups -OCH3 is 1. The molecule has 1 aliphatic heterocycles. The van der Waals surface area contributed by atoms with Gasteiger partial charge in [0.15, 0.2) is 6.04 Å². The molecule has 0 radical (unpaired) electrons. The smallest absolute Gasteiger partial charge is 0.328 e. The molecule has 0 bridgehead atoms. The molecule has 0 saturated carbocycles. The first-order chi connectivity index (χ1) is 12.3. The molecule has 1 aromatic carbocycles. The molecule has 0 aliphatic carbocycles. The summed E-state index contributed by atoms with van der Waals surface area (Å²) in [6.07, 6.45) is 1.84. The molecule has 9 heteroatoms. The minimum atomic E-state index is -3.60. The van der Waals surface area contributed by atoms with Crippen LogP contribution in [0.25, 0.3) is 0 Å². The average Bonchev–Trinajstić information content (AvgIpc) is 2.61. The number of carbonyl (C=O) groups is 2. The highest BCUT2D eigenvalue weighted by molar-refractivity contribution is 7.89. The third kappa shape index (κ3) is 4.80. The van der Waals surface area contributed by atoms with E-state index in [1.165, 1.54) is 35.7 Å². The highest BCUT2D eigenvalue weighted by atomic mass is 32.2. The second-order valence-corrected chi connectivity index (χ2v) is 8.39. The van der Waals surface area contributed by atoms with E-state index in [1.54, 1.807) is 0 Å². The van der Waals surface area contributed by atoms with Gasteiger partial charge < -0.3 is 15.2 Å². The van der Waals surface area contributed by atoms with E-state index in [0.29, 0.717) is 19.0 Å². The van der Waals surface area contributed by atoms with Gasteiger partial charge in [-0.25, -0.2) is 13.2 Å². The van der Waals surface area contributed by atoms with E-state index in [2.05, 4.69) is 5.32 Å². The summed E-state index contributed by atoms with van der Waals surface area (Å²) in [5.41, 5.74) is 0.179. The summed E-state index contributed by atoms with van der Waals surface area (Å²) >= 11 is 0. The van der Waals surface area contributed by atoms with Crippen molar-refractivity contribution < 1.29 is 27.9 Å². The minimum Gasteiger partial charge on any atom is -0.480 e. The van der Waals surface area contributed by atoms with Crippen molar-refractivity contribution in [3.63, 3.8) is 0 Å². The van der Waals surface area contributed by atoms with Crippen molar-refractivity contribution >= 4 is 21.9 Å². The summed E-state index contributed by atoms with van der Waals surface area (Å²) < 4.78 is 31.6. The number of ether oxygens (including phenoxy) is 1. The van der Waals surface area contributed by atoms with Crippen molar-refractivity contribution in [1.82, 2.24) is 9.62 Å². The first-order valence-electron chi connectivity index (χ1n) is 8.38. The molecule has 1 fully saturated rings. The first kappa shape index (κ1) is 20.3. The number of nitrogens with zero attached hydrogens (tertiary/aromatic N) is 1. The molecule has 144 valence electrons. The topological polar surface area (TPSA) is 113 Å². The summed E-state index contributed by atoms with van der Waals surface area (Å²) in [6, 6.07) is 4.32. The van der Waals surface area contributed by atoms with Gasteiger partial charge in [0, 0.05) is 25.8 Å². The molecule has 26 heavy (non-hydrogen) atoms. The lowest BCUT2D eigenvalue weighted by Gasteiger charge is -2.30. The maximum atomic E-state index is 12.7. The third-order valence-corrected chi connectivity index (χ3v) is 6.19. The first-order valence-corrected chi connectivity index (χ1v) is 9.82. The van der Waals surface area contributed by atoms with Crippen LogP contribution in [-0.4, -0.2) is 62.6 Å². The van der Waals surface area contributed by atoms with E-state index >= 15 is 0 Å². The molecule has 0 spiro atoms. The molecule has 8 nitrogen and oxygen atoms in total. The van der Waals surface area contributed by atoms with Crippen LogP contribution >= 0.6 is 0 Å². The molecule has 1 aliphatic rings. The van der Waals surface area contributed by atoms with Crippen LogP contribution in [0.5, 0.6) is 0 Å². The van der Waals surface area contributed by atoms with Gasteiger partial charge in [0.25, 0.3) is 5.91 Å². The predicted octanol–water partition coefficient (Wildman–Crippen LogP) is 0.937. The maximum absolute atomic E-state index is 12.7. The summed E-state index contributed by atoms with van der Waals surface area (Å²) in [7, 11) is -2.26. The second-order valence-electron chi connectivity index (χ2n) is 6.45. The Bertz CT molecular complexity index is 747. The fourth-order valence-corrected chi connectivity index (χ4v) is 4.47. The number of sulfonamides is 1. The largest absolute Gasteiger partial charge is 0.480 e. The van der Waals surface area contributed by atoms with Crippen molar-refractivity contribution in [3.8, 4) is 0 Å². The van der Waals surface area contributed by atoms with Crippen LogP contribution in [0.2, 0.25) is 0 Å². The summed E-state index contributed by atoms with van der Waals surface area (Å²) in [5, 5.41) is 11.4. The van der Waals surface area contributed by atoms with Crippen LogP contribution in [0.1, 0.15) is 30.1 Å². The van der Waals surface area contributed by atoms with E-state index in [0.717, 1.165) is 12.8 Å². The van der Waals surface area contributed by atoms with E-state index in [-0.39, 0.29) is 17.1 Å². The van der Waals surface area contributed by atoms with Crippen LogP contribution in [0.3, 0.4) is 0 Å². The normalized spacial score (nSPS) is 19.7. The molecule has 2 N–H and O–H groups in total. The van der Waals surface area contributed by atoms with Gasteiger partial charge in [0.1, 0.15) is 0 Å². The van der Waals surface area contributed by atoms with Crippen LogP contribution in [0.4, 0.5) is 0 Å². The number of rotatable bonds is 7. The Morgan fingerprint density at radius 3 is 2.54 bits per heavy atom. The number of benzene rings is 1. The van der Waals surface area contributed by atoms with E-state index in [9.17, 15) is 18.0 Å². The van der Waals surface area contributed by atoms with Gasteiger partial charge in [-0.15, -0.1) is 0 Å². The Hall–Kier alpha value is -1.97. The quantitative estimate of drug-likeness (QED) is 0.723. The standard InChI is InChI=1S/C17H24N2O6S/c1-12-4-3-9-19(10-12)26(23,24)14-7-5-13(6-8-14)16(20)18-15(11-25-2)17(21)22/h5-8,12,15H,3-4,9-11H2,1-2H3,(H,18,20)(H,21,22). The molecule has 2 rings (SSSR count). The number of carboxylic acids is 1. The van der Waals surface area contributed by atoms with E-state index < -0.39 is 27.9 Å². The number of carboxylic acid groups (broad SMARTS) is 1. The monoisotopic (exact) mass is 384 g/mol. The van der Waals surface area contributed by atoms with Gasteiger partial charge in [0.2, 0.25) is 10.0 Å². The molecule has 1 saturated heterocycles. The Labute approximate surface area is 153 Å². The lowest BCUT2D eigenvalue weighted by molar-refractivity contribution is -0.140. The van der Waals surface area contributed by atoms with Crippen molar-refractivity contribution in [2.75, 3.05) is 26.8 Å². The Morgan fingerprint density at radius 1 is 1.35 bits per heavy atom. The molecule has 0 aromatic heterocycles. The van der Waals surface area contributed by atoms with Gasteiger partial charge in [-0.3, -0.25) is 4.79 Å². The van der Waals surface area contributed by atoms with Crippen LogP contribution in [-0.2, 0) is 19.6 Å². The fourth-order valence-electron chi connectivity index (χ4n) is 2.87. The molecule has 1 amide bonds. The van der Waals surface area contributed by atoms with Crippen molar-refractivity contribution in [1.29, 1.82) is 0 Å². The van der Waals surface area contributed by atoms with Gasteiger partial charge >= 0.3 is 5.97 Å². The van der Waals surface area contributed by atoms with Crippen LogP contribution in [0.15, 0.2) is 29.2 Å². The molecular weight excluding hydrogens is 360 g/mol. The zero-order chi connectivity index (χ0) is 19.3. The number of amides is 1. The van der Waals surface area contributed by atoms with E-state index in [4.69, 9.17) is 9.84 Å². The highest BCUT2D eigenvalue weighted by Gasteiger charge is 2.29. The zero-order valence-electron chi connectivity index (χ0n) is 14.8.